The zero-order valence-corrected chi connectivity index (χ0v) is 16.5. The molecular formula is C23H40O. The average Bonchev–Trinajstić information content (AvgIpc) is 2.77. The first kappa shape index (κ1) is 19.7. The summed E-state index contributed by atoms with van der Waals surface area (Å²) in [6.07, 6.45) is 19.4. The molecule has 0 radical (unpaired) electrons. The number of hydrogen-bond donors (Lipinski definition) is 0. The highest BCUT2D eigenvalue weighted by Gasteiger charge is 2.39. The zero-order valence-electron chi connectivity index (χ0n) is 16.5. The SMILES string of the molecule is CC(=O)C1[C@H](C)C2=C(CCCCCCCCCCCCCC2)[C@@H]1C. The van der Waals surface area contributed by atoms with Crippen molar-refractivity contribution in [2.45, 2.75) is 111 Å². The van der Waals surface area contributed by atoms with E-state index in [1.165, 1.54) is 89.9 Å². The first-order valence-electron chi connectivity index (χ1n) is 10.8. The van der Waals surface area contributed by atoms with Gasteiger partial charge in [0.05, 0.1) is 0 Å². The number of carbonyl (C=O) groups excluding carboxylic acids is 1. The van der Waals surface area contributed by atoms with Gasteiger partial charge >= 0.3 is 0 Å². The molecule has 0 saturated carbocycles. The second kappa shape index (κ2) is 10.4. The van der Waals surface area contributed by atoms with Crippen LogP contribution in [0.1, 0.15) is 111 Å². The van der Waals surface area contributed by atoms with Crippen molar-refractivity contribution < 1.29 is 4.79 Å². The highest BCUT2D eigenvalue weighted by molar-refractivity contribution is 5.80. The van der Waals surface area contributed by atoms with Gasteiger partial charge in [-0.15, -0.1) is 0 Å². The molecule has 0 heterocycles. The summed E-state index contributed by atoms with van der Waals surface area (Å²) < 4.78 is 0. The van der Waals surface area contributed by atoms with Gasteiger partial charge in [-0.25, -0.2) is 0 Å². The summed E-state index contributed by atoms with van der Waals surface area (Å²) in [4.78, 5) is 12.2. The van der Waals surface area contributed by atoms with Crippen molar-refractivity contribution in [2.75, 3.05) is 0 Å². The van der Waals surface area contributed by atoms with E-state index in [4.69, 9.17) is 0 Å². The fourth-order valence-corrected chi connectivity index (χ4v) is 5.33. The lowest BCUT2D eigenvalue weighted by Crippen LogP contribution is -2.22. The van der Waals surface area contributed by atoms with Crippen LogP contribution in [0.4, 0.5) is 0 Å². The van der Waals surface area contributed by atoms with E-state index in [1.807, 2.05) is 6.92 Å². The van der Waals surface area contributed by atoms with Gasteiger partial charge in [0, 0.05) is 5.92 Å². The lowest BCUT2D eigenvalue weighted by molar-refractivity contribution is -0.122. The molecule has 2 aliphatic carbocycles. The molecule has 0 aromatic rings. The number of allylic oxidation sites excluding steroid dienone is 2. The Hall–Kier alpha value is -0.590. The predicted molar refractivity (Wildman–Crippen MR) is 104 cm³/mol. The Labute approximate surface area is 150 Å². The number of Topliss-reactive ketones (excluding diaryl/α,β-unsaturated/α-hetero) is 1. The number of rotatable bonds is 1. The van der Waals surface area contributed by atoms with Crippen LogP contribution in [0.5, 0.6) is 0 Å². The molecule has 0 aromatic heterocycles. The van der Waals surface area contributed by atoms with Gasteiger partial charge in [-0.05, 0) is 44.4 Å². The Morgan fingerprint density at radius 1 is 0.625 bits per heavy atom. The van der Waals surface area contributed by atoms with Crippen molar-refractivity contribution in [1.82, 2.24) is 0 Å². The smallest absolute Gasteiger partial charge is 0.134 e. The Bertz CT molecular complexity index is 388. The van der Waals surface area contributed by atoms with Crippen LogP contribution in [0.15, 0.2) is 11.1 Å². The fraction of sp³-hybridized carbons (Fsp3) is 0.870. The van der Waals surface area contributed by atoms with Gasteiger partial charge < -0.3 is 0 Å². The molecule has 0 bridgehead atoms. The lowest BCUT2D eigenvalue weighted by Gasteiger charge is -2.19. The van der Waals surface area contributed by atoms with Gasteiger partial charge in [0.25, 0.3) is 0 Å². The Morgan fingerprint density at radius 2 is 0.917 bits per heavy atom. The molecule has 0 aliphatic heterocycles. The van der Waals surface area contributed by atoms with Crippen molar-refractivity contribution >= 4 is 5.78 Å². The van der Waals surface area contributed by atoms with E-state index in [0.717, 1.165) is 0 Å². The lowest BCUT2D eigenvalue weighted by atomic mass is 9.83. The van der Waals surface area contributed by atoms with Gasteiger partial charge in [0.1, 0.15) is 5.78 Å². The van der Waals surface area contributed by atoms with Crippen molar-refractivity contribution in [3.63, 3.8) is 0 Å². The molecule has 3 atom stereocenters. The topological polar surface area (TPSA) is 17.1 Å². The maximum Gasteiger partial charge on any atom is 0.134 e. The summed E-state index contributed by atoms with van der Waals surface area (Å²) in [6, 6.07) is 0. The van der Waals surface area contributed by atoms with E-state index in [9.17, 15) is 4.79 Å². The van der Waals surface area contributed by atoms with Crippen LogP contribution in [0.2, 0.25) is 0 Å². The van der Waals surface area contributed by atoms with Crippen molar-refractivity contribution in [2.24, 2.45) is 17.8 Å². The predicted octanol–water partition coefficient (Wildman–Crippen LogP) is 7.25. The minimum Gasteiger partial charge on any atom is -0.300 e. The Balaban J connectivity index is 2.01. The van der Waals surface area contributed by atoms with Crippen molar-refractivity contribution in [1.29, 1.82) is 0 Å². The molecule has 2 aliphatic rings. The normalized spacial score (nSPS) is 31.7. The zero-order chi connectivity index (χ0) is 17.4. The van der Waals surface area contributed by atoms with Gasteiger partial charge in [-0.1, -0.05) is 89.2 Å². The monoisotopic (exact) mass is 332 g/mol. The molecule has 0 amide bonds. The van der Waals surface area contributed by atoms with Crippen LogP contribution in [-0.2, 0) is 4.79 Å². The number of hydrogen-bond acceptors (Lipinski definition) is 1. The second-order valence-corrected chi connectivity index (χ2v) is 8.51. The molecule has 1 heteroatoms. The van der Waals surface area contributed by atoms with E-state index in [-0.39, 0.29) is 5.92 Å². The number of carbonyl (C=O) groups is 1. The van der Waals surface area contributed by atoms with Gasteiger partial charge in [0.2, 0.25) is 0 Å². The van der Waals surface area contributed by atoms with E-state index in [1.54, 1.807) is 11.1 Å². The van der Waals surface area contributed by atoms with Crippen LogP contribution >= 0.6 is 0 Å². The third-order valence-electron chi connectivity index (χ3n) is 6.70. The largest absolute Gasteiger partial charge is 0.300 e. The Kier molecular flexibility index (Phi) is 8.56. The number of ketones is 1. The van der Waals surface area contributed by atoms with Gasteiger partial charge in [0.15, 0.2) is 0 Å². The third kappa shape index (κ3) is 5.46. The average molecular weight is 333 g/mol. The molecule has 1 unspecified atom stereocenters. The summed E-state index contributed by atoms with van der Waals surface area (Å²) in [5, 5.41) is 0. The van der Waals surface area contributed by atoms with Crippen LogP contribution in [0.3, 0.4) is 0 Å². The maximum absolute atomic E-state index is 12.2. The van der Waals surface area contributed by atoms with Crippen LogP contribution < -0.4 is 0 Å². The molecule has 2 rings (SSSR count). The molecule has 0 spiro atoms. The standard InChI is InChI=1S/C23H40O/c1-18-21-16-14-12-10-8-6-4-5-7-9-11-13-15-17-22(21)19(2)23(18)20(3)24/h18-19,23H,4-17H2,1-3H3/t18-,19+,23?. The minimum atomic E-state index is 0.261. The van der Waals surface area contributed by atoms with Crippen molar-refractivity contribution in [3.05, 3.63) is 11.1 Å². The summed E-state index contributed by atoms with van der Waals surface area (Å²) in [7, 11) is 0. The highest BCUT2D eigenvalue weighted by atomic mass is 16.1. The second-order valence-electron chi connectivity index (χ2n) is 8.51. The molecule has 24 heavy (non-hydrogen) atoms. The van der Waals surface area contributed by atoms with E-state index in [2.05, 4.69) is 13.8 Å². The molecule has 0 saturated heterocycles. The quantitative estimate of drug-likeness (QED) is 0.462. The summed E-state index contributed by atoms with van der Waals surface area (Å²) in [5.74, 6) is 1.66. The first-order valence-corrected chi connectivity index (χ1v) is 10.8. The van der Waals surface area contributed by atoms with Crippen molar-refractivity contribution in [3.8, 4) is 0 Å². The summed E-state index contributed by atoms with van der Waals surface area (Å²) in [5.41, 5.74) is 3.35. The molecule has 138 valence electrons. The Morgan fingerprint density at radius 3 is 1.21 bits per heavy atom. The maximum atomic E-state index is 12.2. The first-order chi connectivity index (χ1) is 11.6. The van der Waals surface area contributed by atoms with E-state index in [0.29, 0.717) is 17.6 Å². The molecule has 0 aromatic carbocycles. The van der Waals surface area contributed by atoms with Crippen LogP contribution in [0, 0.1) is 17.8 Å². The van der Waals surface area contributed by atoms with Gasteiger partial charge in [-0.3, -0.25) is 4.79 Å². The molecule has 0 N–H and O–H groups in total. The molecule has 0 fully saturated rings. The third-order valence-corrected chi connectivity index (χ3v) is 6.70. The summed E-state index contributed by atoms with van der Waals surface area (Å²) in [6.45, 7) is 6.46. The van der Waals surface area contributed by atoms with E-state index < -0.39 is 0 Å². The molecular weight excluding hydrogens is 292 g/mol. The molecule has 1 nitrogen and oxygen atoms in total. The highest BCUT2D eigenvalue weighted by Crippen LogP contribution is 2.46. The van der Waals surface area contributed by atoms with Crippen LogP contribution in [0.25, 0.3) is 0 Å². The fourth-order valence-electron chi connectivity index (χ4n) is 5.33. The van der Waals surface area contributed by atoms with Crippen LogP contribution in [-0.4, -0.2) is 5.78 Å². The minimum absolute atomic E-state index is 0.261. The summed E-state index contributed by atoms with van der Waals surface area (Å²) >= 11 is 0. The van der Waals surface area contributed by atoms with Gasteiger partial charge in [-0.2, -0.15) is 0 Å². The van der Waals surface area contributed by atoms with E-state index >= 15 is 0 Å².